The Morgan fingerprint density at radius 3 is 2.60 bits per heavy atom. The highest BCUT2D eigenvalue weighted by molar-refractivity contribution is 5.05. The molecule has 1 heterocycles. The molecule has 35 heavy (non-hydrogen) atoms. The maximum Gasteiger partial charge on any atom is 0.0837 e. The summed E-state index contributed by atoms with van der Waals surface area (Å²) in [5.74, 6) is 4.64. The third kappa shape index (κ3) is 6.36. The highest BCUT2D eigenvalue weighted by atomic mass is 16.5. The van der Waals surface area contributed by atoms with E-state index in [1.165, 1.54) is 38.5 Å². The first-order valence-corrected chi connectivity index (χ1v) is 14.8. The van der Waals surface area contributed by atoms with E-state index in [9.17, 15) is 10.2 Å². The lowest BCUT2D eigenvalue weighted by Gasteiger charge is -2.58. The van der Waals surface area contributed by atoms with Crippen molar-refractivity contribution in [2.75, 3.05) is 19.8 Å². The molecule has 0 aromatic heterocycles. The Morgan fingerprint density at radius 2 is 1.94 bits per heavy atom. The quantitative estimate of drug-likeness (QED) is 0.329. The zero-order chi connectivity index (χ0) is 25.2. The Balaban J connectivity index is 1.40. The smallest absolute Gasteiger partial charge is 0.0837 e. The average Bonchev–Trinajstić information content (AvgIpc) is 3.26. The second-order valence-electron chi connectivity index (χ2n) is 13.8. The summed E-state index contributed by atoms with van der Waals surface area (Å²) in [6.45, 7) is 15.2. The predicted molar refractivity (Wildman–Crippen MR) is 142 cm³/mol. The zero-order valence-corrected chi connectivity index (χ0v) is 23.1. The molecule has 4 fully saturated rings. The molecule has 4 heteroatoms. The van der Waals surface area contributed by atoms with Gasteiger partial charge in [0.15, 0.2) is 0 Å². The van der Waals surface area contributed by atoms with Crippen LogP contribution in [0.5, 0.6) is 0 Å². The number of aliphatic hydroxyl groups is 2. The van der Waals surface area contributed by atoms with Gasteiger partial charge in [0.1, 0.15) is 0 Å². The van der Waals surface area contributed by atoms with Crippen LogP contribution in [0.25, 0.3) is 0 Å². The maximum atomic E-state index is 11.5. The lowest BCUT2D eigenvalue weighted by Crippen LogP contribution is -2.56. The number of fused-ring (bicyclic) bond motifs is 1. The molecule has 4 nitrogen and oxygen atoms in total. The maximum absolute atomic E-state index is 11.5. The Labute approximate surface area is 215 Å². The number of hydrogen-bond acceptors (Lipinski definition) is 4. The number of allylic oxidation sites excluding steroid dienone is 1. The fraction of sp³-hybridized carbons (Fsp3) is 0.935. The van der Waals surface area contributed by atoms with Gasteiger partial charge in [0, 0.05) is 5.92 Å². The second kappa shape index (κ2) is 11.5. The van der Waals surface area contributed by atoms with Crippen molar-refractivity contribution in [1.29, 1.82) is 0 Å². The van der Waals surface area contributed by atoms with Gasteiger partial charge in [-0.1, -0.05) is 19.9 Å². The molecular formula is C31H54O4. The normalized spacial score (nSPS) is 41.3. The van der Waals surface area contributed by atoms with Crippen LogP contribution in [0.2, 0.25) is 0 Å². The molecule has 4 rings (SSSR count). The first-order valence-electron chi connectivity index (χ1n) is 14.8. The summed E-state index contributed by atoms with van der Waals surface area (Å²) in [6, 6.07) is 0. The Hall–Kier alpha value is -0.420. The van der Waals surface area contributed by atoms with E-state index in [4.69, 9.17) is 9.47 Å². The van der Waals surface area contributed by atoms with Crippen molar-refractivity contribution in [3.63, 3.8) is 0 Å². The van der Waals surface area contributed by atoms with Crippen LogP contribution in [0.4, 0.5) is 0 Å². The molecule has 0 bridgehead atoms. The van der Waals surface area contributed by atoms with Crippen molar-refractivity contribution < 1.29 is 19.7 Å². The number of rotatable bonds is 11. The summed E-state index contributed by atoms with van der Waals surface area (Å²) in [6.07, 6.45) is 14.8. The van der Waals surface area contributed by atoms with E-state index in [1.54, 1.807) is 0 Å². The summed E-state index contributed by atoms with van der Waals surface area (Å²) < 4.78 is 11.6. The highest BCUT2D eigenvalue weighted by Crippen LogP contribution is 2.60. The van der Waals surface area contributed by atoms with Gasteiger partial charge in [-0.3, -0.25) is 0 Å². The SMILES string of the molecule is C=CCC[C@H]1[C@H]([C@@H]2CC[C@H]([C@H](C)CCC(C)(C)O)C2)CC[C@H]2[C@@H](O)[C@@H](OCC3COC3)CC[C@@]21C. The molecule has 0 radical (unpaired) electrons. The van der Waals surface area contributed by atoms with Crippen molar-refractivity contribution in [3.8, 4) is 0 Å². The Bertz CT molecular complexity index is 682. The van der Waals surface area contributed by atoms with Gasteiger partial charge >= 0.3 is 0 Å². The van der Waals surface area contributed by atoms with E-state index in [-0.39, 0.29) is 17.6 Å². The van der Waals surface area contributed by atoms with Crippen molar-refractivity contribution in [2.24, 2.45) is 46.8 Å². The summed E-state index contributed by atoms with van der Waals surface area (Å²) >= 11 is 0. The highest BCUT2D eigenvalue weighted by Gasteiger charge is 2.55. The van der Waals surface area contributed by atoms with E-state index in [1.807, 2.05) is 13.8 Å². The summed E-state index contributed by atoms with van der Waals surface area (Å²) in [4.78, 5) is 0. The van der Waals surface area contributed by atoms with Crippen LogP contribution >= 0.6 is 0 Å². The molecule has 0 aromatic carbocycles. The molecule has 4 aliphatic rings. The zero-order valence-electron chi connectivity index (χ0n) is 23.1. The molecule has 202 valence electrons. The van der Waals surface area contributed by atoms with E-state index in [0.29, 0.717) is 23.7 Å². The summed E-state index contributed by atoms with van der Waals surface area (Å²) in [5.41, 5.74) is -0.348. The number of ether oxygens (including phenoxy) is 2. The molecule has 0 spiro atoms. The van der Waals surface area contributed by atoms with Crippen LogP contribution in [0, 0.1) is 46.8 Å². The molecule has 0 amide bonds. The summed E-state index contributed by atoms with van der Waals surface area (Å²) in [5, 5.41) is 21.7. The standard InChI is InChI=1S/C31H54O4/c1-6-7-8-26-25(24-10-9-23(17-24)21(2)13-15-30(3,4)33)11-12-27-29(32)28(14-16-31(26,27)5)35-20-22-18-34-19-22/h6,21-29,32-33H,1,7-20H2,2-5H3/t21-,23+,24-,25+,26+,27+,28+,29-,31-/m1/s1. The fourth-order valence-corrected chi connectivity index (χ4v) is 8.48. The summed E-state index contributed by atoms with van der Waals surface area (Å²) in [7, 11) is 0. The molecule has 2 N–H and O–H groups in total. The minimum Gasteiger partial charge on any atom is -0.390 e. The predicted octanol–water partition coefficient (Wildman–Crippen LogP) is 6.39. The first kappa shape index (κ1) is 27.6. The Kier molecular flexibility index (Phi) is 9.10. The van der Waals surface area contributed by atoms with Crippen LogP contribution in [-0.2, 0) is 9.47 Å². The number of hydrogen-bond donors (Lipinski definition) is 2. The van der Waals surface area contributed by atoms with Gasteiger partial charge in [0.2, 0.25) is 0 Å². The van der Waals surface area contributed by atoms with Gasteiger partial charge < -0.3 is 19.7 Å². The molecule has 3 saturated carbocycles. The molecule has 9 atom stereocenters. The van der Waals surface area contributed by atoms with Gasteiger partial charge in [-0.05, 0) is 125 Å². The van der Waals surface area contributed by atoms with Crippen LogP contribution < -0.4 is 0 Å². The monoisotopic (exact) mass is 490 g/mol. The third-order valence-corrected chi connectivity index (χ3v) is 10.9. The van der Waals surface area contributed by atoms with Crippen LogP contribution in [0.3, 0.4) is 0 Å². The molecule has 0 aromatic rings. The first-order chi connectivity index (χ1) is 16.6. The van der Waals surface area contributed by atoms with Crippen molar-refractivity contribution in [2.45, 2.75) is 116 Å². The fourth-order valence-electron chi connectivity index (χ4n) is 8.48. The molecule has 1 saturated heterocycles. The van der Waals surface area contributed by atoms with Gasteiger partial charge in [0.25, 0.3) is 0 Å². The minimum absolute atomic E-state index is 0.00207. The Morgan fingerprint density at radius 1 is 1.17 bits per heavy atom. The van der Waals surface area contributed by atoms with E-state index in [0.717, 1.165) is 69.7 Å². The van der Waals surface area contributed by atoms with Crippen molar-refractivity contribution >= 4 is 0 Å². The van der Waals surface area contributed by atoms with Crippen LogP contribution in [0.1, 0.15) is 98.3 Å². The van der Waals surface area contributed by atoms with E-state index in [2.05, 4.69) is 26.5 Å². The molecule has 3 aliphatic carbocycles. The van der Waals surface area contributed by atoms with Gasteiger partial charge in [-0.25, -0.2) is 0 Å². The average molecular weight is 491 g/mol. The lowest BCUT2D eigenvalue weighted by molar-refractivity contribution is -0.182. The van der Waals surface area contributed by atoms with Crippen LogP contribution in [-0.4, -0.2) is 47.8 Å². The second-order valence-corrected chi connectivity index (χ2v) is 13.8. The van der Waals surface area contributed by atoms with Gasteiger partial charge in [-0.2, -0.15) is 0 Å². The molecule has 1 aliphatic heterocycles. The third-order valence-electron chi connectivity index (χ3n) is 10.9. The molecular weight excluding hydrogens is 436 g/mol. The van der Waals surface area contributed by atoms with Crippen LogP contribution in [0.15, 0.2) is 12.7 Å². The van der Waals surface area contributed by atoms with Crippen molar-refractivity contribution in [3.05, 3.63) is 12.7 Å². The molecule has 0 unspecified atom stereocenters. The number of aliphatic hydroxyl groups excluding tert-OH is 1. The largest absolute Gasteiger partial charge is 0.390 e. The topological polar surface area (TPSA) is 58.9 Å². The van der Waals surface area contributed by atoms with Gasteiger partial charge in [-0.15, -0.1) is 6.58 Å². The van der Waals surface area contributed by atoms with E-state index < -0.39 is 5.60 Å². The van der Waals surface area contributed by atoms with Crippen molar-refractivity contribution in [1.82, 2.24) is 0 Å². The van der Waals surface area contributed by atoms with Gasteiger partial charge in [0.05, 0.1) is 37.6 Å². The minimum atomic E-state index is -0.552. The van der Waals surface area contributed by atoms with E-state index >= 15 is 0 Å². The lowest BCUT2D eigenvalue weighted by atomic mass is 9.49.